The molecule has 0 aliphatic heterocycles. The third kappa shape index (κ3) is 3.98. The van der Waals surface area contributed by atoms with Crippen molar-refractivity contribution in [3.8, 4) is 0 Å². The van der Waals surface area contributed by atoms with Crippen molar-refractivity contribution in [2.45, 2.75) is 40.0 Å². The Labute approximate surface area is 111 Å². The van der Waals surface area contributed by atoms with Gasteiger partial charge < -0.3 is 5.32 Å². The zero-order valence-corrected chi connectivity index (χ0v) is 12.3. The van der Waals surface area contributed by atoms with E-state index in [9.17, 15) is 0 Å². The lowest BCUT2D eigenvalue weighted by molar-refractivity contribution is 0.381. The van der Waals surface area contributed by atoms with E-state index in [1.54, 1.807) is 0 Å². The summed E-state index contributed by atoms with van der Waals surface area (Å²) in [7, 11) is 2.03. The molecule has 3 nitrogen and oxygen atoms in total. The molecule has 0 spiro atoms. The molecule has 1 heterocycles. The van der Waals surface area contributed by atoms with Gasteiger partial charge in [0.2, 0.25) is 0 Å². The van der Waals surface area contributed by atoms with Crippen LogP contribution in [0, 0.1) is 5.41 Å². The van der Waals surface area contributed by atoms with Gasteiger partial charge in [-0.3, -0.25) is 4.68 Å². The number of nitrogens with one attached hydrogen (secondary N) is 1. The van der Waals surface area contributed by atoms with Crippen LogP contribution in [0.2, 0.25) is 0 Å². The summed E-state index contributed by atoms with van der Waals surface area (Å²) in [6, 6.07) is 2.21. The van der Waals surface area contributed by atoms with Crippen LogP contribution in [0.15, 0.2) is 18.7 Å². The minimum atomic E-state index is 0.0912. The Morgan fingerprint density at radius 3 is 2.72 bits per heavy atom. The van der Waals surface area contributed by atoms with E-state index in [1.807, 2.05) is 11.7 Å². The Kier molecular flexibility index (Phi) is 5.60. The zero-order valence-electron chi connectivity index (χ0n) is 12.3. The third-order valence-corrected chi connectivity index (χ3v) is 3.42. The molecule has 1 aromatic rings. The Hall–Kier alpha value is -1.09. The number of rotatable bonds is 8. The van der Waals surface area contributed by atoms with Crippen molar-refractivity contribution in [2.24, 2.45) is 12.5 Å². The fourth-order valence-corrected chi connectivity index (χ4v) is 2.08. The molecule has 0 bridgehead atoms. The van der Waals surface area contributed by atoms with Gasteiger partial charge in [0.25, 0.3) is 0 Å². The molecular weight excluding hydrogens is 222 g/mol. The molecule has 0 aromatic carbocycles. The fraction of sp³-hybridized carbons (Fsp3) is 0.667. The fourth-order valence-electron chi connectivity index (χ4n) is 2.08. The highest BCUT2D eigenvalue weighted by molar-refractivity contribution is 5.14. The van der Waals surface area contributed by atoms with Gasteiger partial charge in [0.15, 0.2) is 0 Å². The second-order valence-electron chi connectivity index (χ2n) is 5.32. The monoisotopic (exact) mass is 249 g/mol. The van der Waals surface area contributed by atoms with E-state index in [1.165, 1.54) is 17.8 Å². The first-order valence-electron chi connectivity index (χ1n) is 6.90. The summed E-state index contributed by atoms with van der Waals surface area (Å²) in [4.78, 5) is 0. The van der Waals surface area contributed by atoms with E-state index < -0.39 is 0 Å². The van der Waals surface area contributed by atoms with Gasteiger partial charge in [-0.15, -0.1) is 6.58 Å². The second-order valence-corrected chi connectivity index (χ2v) is 5.32. The number of aromatic nitrogens is 2. The van der Waals surface area contributed by atoms with Crippen LogP contribution >= 0.6 is 0 Å². The summed E-state index contributed by atoms with van der Waals surface area (Å²) in [6.45, 7) is 12.6. The van der Waals surface area contributed by atoms with E-state index >= 15 is 0 Å². The van der Waals surface area contributed by atoms with E-state index in [2.05, 4.69) is 49.9 Å². The van der Waals surface area contributed by atoms with Gasteiger partial charge in [0.05, 0.1) is 5.69 Å². The number of aryl methyl sites for hydroxylation is 2. The van der Waals surface area contributed by atoms with Crippen LogP contribution in [-0.2, 0) is 19.9 Å². The van der Waals surface area contributed by atoms with Gasteiger partial charge in [0.1, 0.15) is 0 Å². The summed E-state index contributed by atoms with van der Waals surface area (Å²) in [5, 5.41) is 7.99. The van der Waals surface area contributed by atoms with Crippen LogP contribution < -0.4 is 5.32 Å². The normalized spacial score (nSPS) is 14.4. The topological polar surface area (TPSA) is 29.9 Å². The highest BCUT2D eigenvalue weighted by Gasteiger charge is 2.22. The van der Waals surface area contributed by atoms with Gasteiger partial charge in [-0.2, -0.15) is 5.10 Å². The van der Waals surface area contributed by atoms with Gasteiger partial charge in [-0.1, -0.05) is 26.8 Å². The number of hydrogen-bond donors (Lipinski definition) is 1. The summed E-state index contributed by atoms with van der Waals surface area (Å²) in [5.74, 6) is 0. The lowest BCUT2D eigenvalue weighted by Gasteiger charge is -2.26. The first kappa shape index (κ1) is 15.0. The van der Waals surface area contributed by atoms with Crippen molar-refractivity contribution >= 4 is 0 Å². The first-order valence-corrected chi connectivity index (χ1v) is 6.90. The Morgan fingerprint density at radius 1 is 1.50 bits per heavy atom. The molecule has 18 heavy (non-hydrogen) atoms. The maximum atomic E-state index is 4.51. The SMILES string of the molecule is C=CC(C)(CNCCC)Cc1cc(CC)nn1C. The zero-order chi connectivity index (χ0) is 13.6. The van der Waals surface area contributed by atoms with Crippen LogP contribution in [0.3, 0.4) is 0 Å². The standard InChI is InChI=1S/C15H27N3/c1-6-9-16-12-15(4,8-3)11-14-10-13(7-2)17-18(14)5/h8,10,16H,3,6-7,9,11-12H2,1-2,4-5H3. The molecule has 0 saturated carbocycles. The molecule has 0 saturated heterocycles. The summed E-state index contributed by atoms with van der Waals surface area (Å²) >= 11 is 0. The van der Waals surface area contributed by atoms with Gasteiger partial charge in [0, 0.05) is 24.7 Å². The van der Waals surface area contributed by atoms with Gasteiger partial charge >= 0.3 is 0 Å². The first-order chi connectivity index (χ1) is 8.54. The predicted octanol–water partition coefficient (Wildman–Crippen LogP) is 2.72. The van der Waals surface area contributed by atoms with E-state index in [4.69, 9.17) is 0 Å². The Morgan fingerprint density at radius 2 is 2.22 bits per heavy atom. The average molecular weight is 249 g/mol. The molecule has 0 aliphatic carbocycles. The minimum Gasteiger partial charge on any atom is -0.316 e. The van der Waals surface area contributed by atoms with Crippen LogP contribution in [0.1, 0.15) is 38.6 Å². The van der Waals surface area contributed by atoms with E-state index in [0.717, 1.165) is 25.9 Å². The van der Waals surface area contributed by atoms with Crippen LogP contribution in [-0.4, -0.2) is 22.9 Å². The molecule has 102 valence electrons. The van der Waals surface area contributed by atoms with Crippen LogP contribution in [0.4, 0.5) is 0 Å². The van der Waals surface area contributed by atoms with Crippen molar-refractivity contribution < 1.29 is 0 Å². The van der Waals surface area contributed by atoms with E-state index in [0.29, 0.717) is 0 Å². The smallest absolute Gasteiger partial charge is 0.0624 e. The highest BCUT2D eigenvalue weighted by atomic mass is 15.3. The summed E-state index contributed by atoms with van der Waals surface area (Å²) in [5.41, 5.74) is 2.54. The molecule has 1 N–H and O–H groups in total. The summed E-state index contributed by atoms with van der Waals surface area (Å²) in [6.07, 6.45) is 5.20. The van der Waals surface area contributed by atoms with Crippen molar-refractivity contribution in [1.82, 2.24) is 15.1 Å². The average Bonchev–Trinajstić information content (AvgIpc) is 2.70. The molecular formula is C15H27N3. The maximum Gasteiger partial charge on any atom is 0.0624 e. The van der Waals surface area contributed by atoms with Gasteiger partial charge in [-0.25, -0.2) is 0 Å². The highest BCUT2D eigenvalue weighted by Crippen LogP contribution is 2.23. The quantitative estimate of drug-likeness (QED) is 0.567. The lowest BCUT2D eigenvalue weighted by atomic mass is 9.85. The van der Waals surface area contributed by atoms with Crippen LogP contribution in [0.25, 0.3) is 0 Å². The van der Waals surface area contributed by atoms with Crippen molar-refractivity contribution in [3.05, 3.63) is 30.1 Å². The molecule has 1 aromatic heterocycles. The molecule has 0 aliphatic rings. The maximum absolute atomic E-state index is 4.51. The largest absolute Gasteiger partial charge is 0.316 e. The third-order valence-electron chi connectivity index (χ3n) is 3.42. The van der Waals surface area contributed by atoms with Crippen molar-refractivity contribution in [2.75, 3.05) is 13.1 Å². The second kappa shape index (κ2) is 6.74. The van der Waals surface area contributed by atoms with Gasteiger partial charge in [-0.05, 0) is 31.9 Å². The molecule has 0 fully saturated rings. The van der Waals surface area contributed by atoms with Crippen LogP contribution in [0.5, 0.6) is 0 Å². The predicted molar refractivity (Wildman–Crippen MR) is 77.8 cm³/mol. The number of nitrogens with zero attached hydrogens (tertiary/aromatic N) is 2. The van der Waals surface area contributed by atoms with E-state index in [-0.39, 0.29) is 5.41 Å². The minimum absolute atomic E-state index is 0.0912. The molecule has 3 heteroatoms. The Bertz CT molecular complexity index is 381. The van der Waals surface area contributed by atoms with Crippen molar-refractivity contribution in [1.29, 1.82) is 0 Å². The molecule has 0 radical (unpaired) electrons. The molecule has 0 amide bonds. The van der Waals surface area contributed by atoms with Crippen molar-refractivity contribution in [3.63, 3.8) is 0 Å². The Balaban J connectivity index is 2.71. The summed E-state index contributed by atoms with van der Waals surface area (Å²) < 4.78 is 2.00. The molecule has 1 rings (SSSR count). The number of hydrogen-bond acceptors (Lipinski definition) is 2. The molecule has 1 unspecified atom stereocenters. The molecule has 1 atom stereocenters. The lowest BCUT2D eigenvalue weighted by Crippen LogP contribution is -2.33.